The Labute approximate surface area is 106 Å². The van der Waals surface area contributed by atoms with Crippen molar-refractivity contribution in [1.82, 2.24) is 4.90 Å². The van der Waals surface area contributed by atoms with Gasteiger partial charge in [0, 0.05) is 12.2 Å². The third kappa shape index (κ3) is 4.78. The van der Waals surface area contributed by atoms with Crippen molar-refractivity contribution in [2.45, 2.75) is 27.2 Å². The summed E-state index contributed by atoms with van der Waals surface area (Å²) < 4.78 is 0. The highest BCUT2D eigenvalue weighted by Crippen LogP contribution is 2.29. The maximum atomic E-state index is 5.72. The first-order chi connectivity index (χ1) is 7.79. The van der Waals surface area contributed by atoms with E-state index in [2.05, 4.69) is 51.9 Å². The van der Waals surface area contributed by atoms with E-state index in [1.165, 1.54) is 5.56 Å². The monoisotopic (exact) mass is 234 g/mol. The molecule has 0 fully saturated rings. The van der Waals surface area contributed by atoms with Gasteiger partial charge in [0.25, 0.3) is 0 Å². The molecule has 0 saturated heterocycles. The molecule has 0 aliphatic heterocycles. The zero-order valence-corrected chi connectivity index (χ0v) is 11.8. The van der Waals surface area contributed by atoms with Crippen molar-refractivity contribution in [1.29, 1.82) is 0 Å². The van der Waals surface area contributed by atoms with Crippen LogP contribution in [0.1, 0.15) is 26.3 Å². The summed E-state index contributed by atoms with van der Waals surface area (Å²) in [6.45, 7) is 8.07. The summed E-state index contributed by atoms with van der Waals surface area (Å²) in [4.78, 5) is 2.27. The highest BCUT2D eigenvalue weighted by molar-refractivity contribution is 5.39. The summed E-state index contributed by atoms with van der Waals surface area (Å²) >= 11 is 0. The molecule has 96 valence electrons. The van der Waals surface area contributed by atoms with Gasteiger partial charge >= 0.3 is 0 Å². The van der Waals surface area contributed by atoms with Crippen LogP contribution in [-0.4, -0.2) is 25.5 Å². The van der Waals surface area contributed by atoms with Gasteiger partial charge in [0.1, 0.15) is 0 Å². The van der Waals surface area contributed by atoms with Crippen LogP contribution in [0.15, 0.2) is 24.3 Å². The topological polar surface area (TPSA) is 29.3 Å². The zero-order chi connectivity index (χ0) is 13.1. The van der Waals surface area contributed by atoms with E-state index in [0.717, 1.165) is 18.7 Å². The van der Waals surface area contributed by atoms with Crippen molar-refractivity contribution in [3.63, 3.8) is 0 Å². The number of rotatable bonds is 4. The number of hydrogen-bond donors (Lipinski definition) is 1. The number of nitrogen functional groups attached to an aromatic ring is 1. The molecule has 1 unspecified atom stereocenters. The molecule has 1 aromatic rings. The van der Waals surface area contributed by atoms with E-state index in [4.69, 9.17) is 5.73 Å². The van der Waals surface area contributed by atoms with Crippen LogP contribution in [0.4, 0.5) is 5.69 Å². The smallest absolute Gasteiger partial charge is 0.0314 e. The maximum Gasteiger partial charge on any atom is 0.0314 e. The Bertz CT molecular complexity index is 333. The van der Waals surface area contributed by atoms with Gasteiger partial charge in [-0.05, 0) is 49.5 Å². The lowest BCUT2D eigenvalue weighted by Gasteiger charge is -2.33. The van der Waals surface area contributed by atoms with Gasteiger partial charge in [-0.2, -0.15) is 0 Å². The number of nitrogens with zero attached hydrogens (tertiary/aromatic N) is 1. The molecule has 17 heavy (non-hydrogen) atoms. The molecular formula is C15H26N2. The Hall–Kier alpha value is -1.02. The fourth-order valence-electron chi connectivity index (χ4n) is 2.02. The Kier molecular flexibility index (Phi) is 4.58. The Morgan fingerprint density at radius 1 is 1.12 bits per heavy atom. The molecule has 0 amide bonds. The highest BCUT2D eigenvalue weighted by Gasteiger charge is 2.25. The summed E-state index contributed by atoms with van der Waals surface area (Å²) in [5.41, 5.74) is 8.26. The van der Waals surface area contributed by atoms with E-state index < -0.39 is 0 Å². The number of hydrogen-bond acceptors (Lipinski definition) is 2. The predicted molar refractivity (Wildman–Crippen MR) is 76.1 cm³/mol. The van der Waals surface area contributed by atoms with Crippen molar-refractivity contribution in [3.8, 4) is 0 Å². The van der Waals surface area contributed by atoms with Crippen LogP contribution >= 0.6 is 0 Å². The summed E-state index contributed by atoms with van der Waals surface area (Å²) in [7, 11) is 4.28. The number of nitrogens with two attached hydrogens (primary N) is 1. The molecule has 0 saturated carbocycles. The molecule has 0 radical (unpaired) electrons. The van der Waals surface area contributed by atoms with Gasteiger partial charge < -0.3 is 10.6 Å². The predicted octanol–water partition coefficient (Wildman–Crippen LogP) is 3.04. The van der Waals surface area contributed by atoms with Crippen molar-refractivity contribution in [3.05, 3.63) is 29.8 Å². The molecule has 2 nitrogen and oxygen atoms in total. The standard InChI is InChI=1S/C15H26N2/c1-15(2,3)13(11-17(4)5)10-12-6-8-14(16)9-7-12/h6-9,13H,10-11,16H2,1-5H3. The average Bonchev–Trinajstić information content (AvgIpc) is 2.18. The van der Waals surface area contributed by atoms with E-state index in [0.29, 0.717) is 11.3 Å². The molecule has 0 aliphatic carbocycles. The van der Waals surface area contributed by atoms with Gasteiger partial charge in [0.15, 0.2) is 0 Å². The zero-order valence-electron chi connectivity index (χ0n) is 11.8. The minimum Gasteiger partial charge on any atom is -0.399 e. The molecule has 1 atom stereocenters. The van der Waals surface area contributed by atoms with E-state index in [9.17, 15) is 0 Å². The minimum atomic E-state index is 0.325. The summed E-state index contributed by atoms with van der Waals surface area (Å²) in [6, 6.07) is 8.27. The van der Waals surface area contributed by atoms with E-state index >= 15 is 0 Å². The number of anilines is 1. The third-order valence-corrected chi connectivity index (χ3v) is 3.27. The summed E-state index contributed by atoms with van der Waals surface area (Å²) in [6.07, 6.45) is 1.11. The van der Waals surface area contributed by atoms with Crippen LogP contribution in [0.2, 0.25) is 0 Å². The van der Waals surface area contributed by atoms with Crippen LogP contribution in [0.25, 0.3) is 0 Å². The van der Waals surface area contributed by atoms with Gasteiger partial charge in [-0.1, -0.05) is 32.9 Å². The fourth-order valence-corrected chi connectivity index (χ4v) is 2.02. The van der Waals surface area contributed by atoms with Gasteiger partial charge in [-0.3, -0.25) is 0 Å². The maximum absolute atomic E-state index is 5.72. The van der Waals surface area contributed by atoms with Crippen LogP contribution in [0.3, 0.4) is 0 Å². The van der Waals surface area contributed by atoms with Gasteiger partial charge in [0.2, 0.25) is 0 Å². The van der Waals surface area contributed by atoms with Crippen LogP contribution in [0, 0.1) is 11.3 Å². The second kappa shape index (κ2) is 5.54. The fraction of sp³-hybridized carbons (Fsp3) is 0.600. The lowest BCUT2D eigenvalue weighted by molar-refractivity contribution is 0.183. The average molecular weight is 234 g/mol. The van der Waals surface area contributed by atoms with Crippen molar-refractivity contribution >= 4 is 5.69 Å². The lowest BCUT2D eigenvalue weighted by atomic mass is 9.77. The molecule has 0 spiro atoms. The van der Waals surface area contributed by atoms with Crippen LogP contribution in [0.5, 0.6) is 0 Å². The lowest BCUT2D eigenvalue weighted by Crippen LogP contribution is -2.32. The molecule has 2 N–H and O–H groups in total. The molecule has 0 heterocycles. The Morgan fingerprint density at radius 2 is 1.65 bits per heavy atom. The third-order valence-electron chi connectivity index (χ3n) is 3.27. The molecule has 1 aromatic carbocycles. The molecule has 0 bridgehead atoms. The molecule has 0 aliphatic rings. The molecular weight excluding hydrogens is 208 g/mol. The normalized spacial score (nSPS) is 14.0. The summed E-state index contributed by atoms with van der Waals surface area (Å²) in [5.74, 6) is 0.654. The minimum absolute atomic E-state index is 0.325. The summed E-state index contributed by atoms with van der Waals surface area (Å²) in [5, 5.41) is 0. The Morgan fingerprint density at radius 3 is 2.06 bits per heavy atom. The van der Waals surface area contributed by atoms with Crippen LogP contribution in [-0.2, 0) is 6.42 Å². The first kappa shape index (κ1) is 14.0. The second-order valence-corrected chi connectivity index (χ2v) is 6.27. The largest absolute Gasteiger partial charge is 0.399 e. The Balaban J connectivity index is 2.75. The van der Waals surface area contributed by atoms with E-state index in [1.54, 1.807) is 0 Å². The van der Waals surface area contributed by atoms with Gasteiger partial charge in [0.05, 0.1) is 0 Å². The molecule has 2 heteroatoms. The van der Waals surface area contributed by atoms with Gasteiger partial charge in [-0.25, -0.2) is 0 Å². The first-order valence-electron chi connectivity index (χ1n) is 6.28. The van der Waals surface area contributed by atoms with E-state index in [-0.39, 0.29) is 0 Å². The molecule has 1 rings (SSSR count). The highest BCUT2D eigenvalue weighted by atomic mass is 15.1. The second-order valence-electron chi connectivity index (χ2n) is 6.27. The van der Waals surface area contributed by atoms with Crippen molar-refractivity contribution in [2.24, 2.45) is 11.3 Å². The van der Waals surface area contributed by atoms with Crippen molar-refractivity contribution < 1.29 is 0 Å². The SMILES string of the molecule is CN(C)CC(Cc1ccc(N)cc1)C(C)(C)C. The quantitative estimate of drug-likeness (QED) is 0.811. The van der Waals surface area contributed by atoms with E-state index in [1.807, 2.05) is 12.1 Å². The van der Waals surface area contributed by atoms with Crippen LogP contribution < -0.4 is 5.73 Å². The number of benzene rings is 1. The van der Waals surface area contributed by atoms with Gasteiger partial charge in [-0.15, -0.1) is 0 Å². The molecule has 0 aromatic heterocycles. The first-order valence-corrected chi connectivity index (χ1v) is 6.28. The van der Waals surface area contributed by atoms with Crippen molar-refractivity contribution in [2.75, 3.05) is 26.4 Å².